The zero-order chi connectivity index (χ0) is 18.6. The van der Waals surface area contributed by atoms with E-state index in [1.165, 1.54) is 0 Å². The number of hydrogen-bond donors (Lipinski definition) is 0. The van der Waals surface area contributed by atoms with Gasteiger partial charge in [0.2, 0.25) is 17.6 Å². The van der Waals surface area contributed by atoms with E-state index in [9.17, 15) is 4.79 Å². The molecule has 1 fully saturated rings. The Labute approximate surface area is 157 Å². The van der Waals surface area contributed by atoms with E-state index in [1.54, 1.807) is 19.5 Å². The van der Waals surface area contributed by atoms with Gasteiger partial charge in [0.1, 0.15) is 11.8 Å². The van der Waals surface area contributed by atoms with Crippen LogP contribution in [0.25, 0.3) is 11.4 Å². The molecule has 7 heteroatoms. The number of rotatable bonds is 6. The van der Waals surface area contributed by atoms with Gasteiger partial charge in [0, 0.05) is 30.9 Å². The second kappa shape index (κ2) is 7.57. The van der Waals surface area contributed by atoms with Gasteiger partial charge in [-0.2, -0.15) is 4.98 Å². The van der Waals surface area contributed by atoms with Crippen LogP contribution in [-0.4, -0.2) is 39.6 Å². The summed E-state index contributed by atoms with van der Waals surface area (Å²) in [6, 6.07) is 11.3. The molecule has 1 aliphatic rings. The lowest BCUT2D eigenvalue weighted by Gasteiger charge is -2.38. The molecule has 1 atom stereocenters. The minimum Gasteiger partial charge on any atom is -0.497 e. The number of ether oxygens (including phenoxy) is 1. The number of hydrogen-bond acceptors (Lipinski definition) is 6. The predicted molar refractivity (Wildman–Crippen MR) is 97.9 cm³/mol. The van der Waals surface area contributed by atoms with Crippen molar-refractivity contribution in [2.45, 2.75) is 25.3 Å². The Balaban J connectivity index is 1.37. The van der Waals surface area contributed by atoms with Crippen molar-refractivity contribution in [1.82, 2.24) is 20.0 Å². The minimum absolute atomic E-state index is 0.100. The SMILES string of the molecule is COc1ccc(CCC(=O)N2CC[C@@H]2c2nc(-c3cccnc3)no2)cc1. The first-order chi connectivity index (χ1) is 13.2. The van der Waals surface area contributed by atoms with Crippen molar-refractivity contribution in [3.05, 3.63) is 60.2 Å². The van der Waals surface area contributed by atoms with Gasteiger partial charge in [-0.15, -0.1) is 0 Å². The van der Waals surface area contributed by atoms with Crippen molar-refractivity contribution in [3.8, 4) is 17.1 Å². The lowest BCUT2D eigenvalue weighted by atomic mass is 10.0. The molecule has 0 bridgehead atoms. The van der Waals surface area contributed by atoms with Gasteiger partial charge < -0.3 is 14.2 Å². The number of carbonyl (C=O) groups excluding carboxylic acids is 1. The summed E-state index contributed by atoms with van der Waals surface area (Å²) in [5.41, 5.74) is 1.90. The molecule has 3 aromatic rings. The number of nitrogens with zero attached hydrogens (tertiary/aromatic N) is 4. The molecule has 0 aliphatic carbocycles. The van der Waals surface area contributed by atoms with Crippen LogP contribution in [0, 0.1) is 0 Å². The Bertz CT molecular complexity index is 908. The molecule has 4 rings (SSSR count). The highest BCUT2D eigenvalue weighted by molar-refractivity contribution is 5.77. The van der Waals surface area contributed by atoms with Gasteiger partial charge >= 0.3 is 0 Å². The molecule has 0 unspecified atom stereocenters. The van der Waals surface area contributed by atoms with Crippen LogP contribution in [0.3, 0.4) is 0 Å². The van der Waals surface area contributed by atoms with Crippen LogP contribution in [-0.2, 0) is 11.2 Å². The summed E-state index contributed by atoms with van der Waals surface area (Å²) in [6.45, 7) is 0.719. The lowest BCUT2D eigenvalue weighted by Crippen LogP contribution is -2.45. The first kappa shape index (κ1) is 17.2. The normalized spacial score (nSPS) is 16.0. The number of benzene rings is 1. The molecule has 1 aliphatic heterocycles. The van der Waals surface area contributed by atoms with Crippen LogP contribution < -0.4 is 4.74 Å². The third-order valence-corrected chi connectivity index (χ3v) is 4.77. The molecule has 1 amide bonds. The Hall–Kier alpha value is -3.22. The zero-order valence-corrected chi connectivity index (χ0v) is 15.0. The maximum atomic E-state index is 12.6. The number of amides is 1. The molecule has 3 heterocycles. The lowest BCUT2D eigenvalue weighted by molar-refractivity contribution is -0.140. The molecule has 27 heavy (non-hydrogen) atoms. The van der Waals surface area contributed by atoms with Crippen molar-refractivity contribution in [3.63, 3.8) is 0 Å². The number of pyridine rings is 1. The van der Waals surface area contributed by atoms with Crippen LogP contribution in [0.1, 0.15) is 30.3 Å². The van der Waals surface area contributed by atoms with E-state index < -0.39 is 0 Å². The van der Waals surface area contributed by atoms with Gasteiger partial charge in [-0.05, 0) is 42.7 Å². The number of aromatic nitrogens is 3. The molecule has 1 aromatic carbocycles. The Kier molecular flexibility index (Phi) is 4.82. The molecule has 0 radical (unpaired) electrons. The standard InChI is InChI=1S/C20H20N4O3/c1-26-16-7-4-14(5-8-16)6-9-18(25)24-12-10-17(24)20-22-19(23-27-20)15-3-2-11-21-13-15/h2-5,7-8,11,13,17H,6,9-10,12H2,1H3/t17-/m1/s1. The molecule has 0 N–H and O–H groups in total. The maximum absolute atomic E-state index is 12.6. The number of methoxy groups -OCH3 is 1. The molecular formula is C20H20N4O3. The third kappa shape index (κ3) is 3.67. The summed E-state index contributed by atoms with van der Waals surface area (Å²) in [5, 5.41) is 4.02. The zero-order valence-electron chi connectivity index (χ0n) is 15.0. The van der Waals surface area contributed by atoms with Crippen LogP contribution in [0.5, 0.6) is 5.75 Å². The van der Waals surface area contributed by atoms with Gasteiger partial charge in [-0.3, -0.25) is 9.78 Å². The Morgan fingerprint density at radius 1 is 1.30 bits per heavy atom. The number of aryl methyl sites for hydroxylation is 1. The van der Waals surface area contributed by atoms with Crippen molar-refractivity contribution >= 4 is 5.91 Å². The van der Waals surface area contributed by atoms with Gasteiger partial charge in [-0.25, -0.2) is 0 Å². The highest BCUT2D eigenvalue weighted by atomic mass is 16.5. The number of carbonyl (C=O) groups is 1. The maximum Gasteiger partial charge on any atom is 0.249 e. The second-order valence-corrected chi connectivity index (χ2v) is 6.44. The van der Waals surface area contributed by atoms with E-state index in [2.05, 4.69) is 15.1 Å². The summed E-state index contributed by atoms with van der Waals surface area (Å²) >= 11 is 0. The van der Waals surface area contributed by atoms with Gasteiger partial charge in [0.15, 0.2) is 0 Å². The first-order valence-electron chi connectivity index (χ1n) is 8.91. The third-order valence-electron chi connectivity index (χ3n) is 4.77. The average molecular weight is 364 g/mol. The molecule has 0 saturated carbocycles. The van der Waals surface area contributed by atoms with E-state index in [0.717, 1.165) is 29.8 Å². The van der Waals surface area contributed by atoms with E-state index in [0.29, 0.717) is 24.6 Å². The summed E-state index contributed by atoms with van der Waals surface area (Å²) in [7, 11) is 1.64. The fourth-order valence-corrected chi connectivity index (χ4v) is 3.11. The fourth-order valence-electron chi connectivity index (χ4n) is 3.11. The van der Waals surface area contributed by atoms with Gasteiger partial charge in [-0.1, -0.05) is 17.3 Å². The van der Waals surface area contributed by atoms with Crippen LogP contribution >= 0.6 is 0 Å². The Morgan fingerprint density at radius 3 is 2.81 bits per heavy atom. The van der Waals surface area contributed by atoms with Crippen LogP contribution in [0.2, 0.25) is 0 Å². The van der Waals surface area contributed by atoms with Crippen LogP contribution in [0.4, 0.5) is 0 Å². The van der Waals surface area contributed by atoms with E-state index >= 15 is 0 Å². The molecule has 1 saturated heterocycles. The van der Waals surface area contributed by atoms with Crippen LogP contribution in [0.15, 0.2) is 53.3 Å². The highest BCUT2D eigenvalue weighted by Gasteiger charge is 2.37. The topological polar surface area (TPSA) is 81.4 Å². The fraction of sp³-hybridized carbons (Fsp3) is 0.300. The average Bonchev–Trinajstić information content (AvgIpc) is 3.16. The molecule has 0 spiro atoms. The van der Waals surface area contributed by atoms with Gasteiger partial charge in [0.25, 0.3) is 0 Å². The molecular weight excluding hydrogens is 344 g/mol. The largest absolute Gasteiger partial charge is 0.497 e. The van der Waals surface area contributed by atoms with Gasteiger partial charge in [0.05, 0.1) is 7.11 Å². The smallest absolute Gasteiger partial charge is 0.249 e. The highest BCUT2D eigenvalue weighted by Crippen LogP contribution is 2.33. The van der Waals surface area contributed by atoms with E-state index in [4.69, 9.17) is 9.26 Å². The summed E-state index contributed by atoms with van der Waals surface area (Å²) in [4.78, 5) is 22.9. The summed E-state index contributed by atoms with van der Waals surface area (Å²) < 4.78 is 10.5. The van der Waals surface area contributed by atoms with Crippen molar-refractivity contribution in [1.29, 1.82) is 0 Å². The van der Waals surface area contributed by atoms with Crippen molar-refractivity contribution in [2.24, 2.45) is 0 Å². The molecule has 2 aromatic heterocycles. The minimum atomic E-state index is -0.133. The quantitative estimate of drug-likeness (QED) is 0.669. The number of likely N-dealkylation sites (tertiary alicyclic amines) is 1. The van der Waals surface area contributed by atoms with E-state index in [1.807, 2.05) is 41.3 Å². The first-order valence-corrected chi connectivity index (χ1v) is 8.91. The monoisotopic (exact) mass is 364 g/mol. The summed E-state index contributed by atoms with van der Waals surface area (Å²) in [5.74, 6) is 1.89. The molecule has 138 valence electrons. The predicted octanol–water partition coefficient (Wildman–Crippen LogP) is 3.05. The molecule has 7 nitrogen and oxygen atoms in total. The second-order valence-electron chi connectivity index (χ2n) is 6.44. The van der Waals surface area contributed by atoms with E-state index in [-0.39, 0.29) is 11.9 Å². The summed E-state index contributed by atoms with van der Waals surface area (Å²) in [6.07, 6.45) is 5.36. The van der Waals surface area contributed by atoms with Crippen molar-refractivity contribution < 1.29 is 14.1 Å². The Morgan fingerprint density at radius 2 is 2.15 bits per heavy atom. The van der Waals surface area contributed by atoms with Crippen molar-refractivity contribution in [2.75, 3.05) is 13.7 Å².